The van der Waals surface area contributed by atoms with Crippen LogP contribution in [0.2, 0.25) is 0 Å². The van der Waals surface area contributed by atoms with Gasteiger partial charge in [0.25, 0.3) is 11.5 Å². The lowest BCUT2D eigenvalue weighted by Gasteiger charge is -2.33. The molecule has 0 radical (unpaired) electrons. The minimum absolute atomic E-state index is 0.0413. The second-order valence-corrected chi connectivity index (χ2v) is 5.50. The first-order valence-electron chi connectivity index (χ1n) is 6.71. The molecule has 1 saturated heterocycles. The van der Waals surface area contributed by atoms with Crippen molar-refractivity contribution in [1.29, 1.82) is 0 Å². The fraction of sp³-hybridized carbons (Fsp3) is 0.357. The van der Waals surface area contributed by atoms with Crippen molar-refractivity contribution in [2.24, 2.45) is 0 Å². The molecule has 2 aromatic rings. The fourth-order valence-corrected chi connectivity index (χ4v) is 2.70. The number of hydrogen-bond acceptors (Lipinski definition) is 4. The summed E-state index contributed by atoms with van der Waals surface area (Å²) < 4.78 is 5.59. The molecule has 0 saturated carbocycles. The highest BCUT2D eigenvalue weighted by atomic mass is 32.1. The van der Waals surface area contributed by atoms with Crippen LogP contribution in [-0.2, 0) is 4.74 Å². The Kier molecular flexibility index (Phi) is 3.60. The molecule has 1 aromatic carbocycles. The Morgan fingerprint density at radius 1 is 1.43 bits per heavy atom. The largest absolute Gasteiger partial charge is 0.377 e. The molecule has 1 unspecified atom stereocenters. The zero-order valence-corrected chi connectivity index (χ0v) is 12.3. The van der Waals surface area contributed by atoms with Gasteiger partial charge >= 0.3 is 0 Å². The first kappa shape index (κ1) is 14.0. The summed E-state index contributed by atoms with van der Waals surface area (Å²) in [5.41, 5.74) is 0.843. The molecule has 1 fully saturated rings. The lowest BCUT2D eigenvalue weighted by atomic mass is 10.1. The van der Waals surface area contributed by atoms with Crippen molar-refractivity contribution in [1.82, 2.24) is 14.9 Å². The van der Waals surface area contributed by atoms with E-state index in [0.717, 1.165) is 0 Å². The van der Waals surface area contributed by atoms with E-state index in [2.05, 4.69) is 9.97 Å². The molecule has 1 amide bonds. The van der Waals surface area contributed by atoms with Crippen LogP contribution in [0.3, 0.4) is 0 Å². The van der Waals surface area contributed by atoms with Gasteiger partial charge in [0.15, 0.2) is 4.77 Å². The van der Waals surface area contributed by atoms with E-state index in [1.165, 1.54) is 0 Å². The van der Waals surface area contributed by atoms with Gasteiger partial charge in [0.2, 0.25) is 0 Å². The van der Waals surface area contributed by atoms with Gasteiger partial charge in [0.1, 0.15) is 0 Å². The summed E-state index contributed by atoms with van der Waals surface area (Å²) in [6, 6.07) is 5.02. The molecule has 7 heteroatoms. The van der Waals surface area contributed by atoms with Crippen LogP contribution < -0.4 is 5.56 Å². The van der Waals surface area contributed by atoms with E-state index in [4.69, 9.17) is 17.0 Å². The standard InChI is InChI=1S/C14H15N3O3S/c1-8-7-20-5-4-17(8)13(19)9-2-3-10-11(6-9)15-14(21)16-12(10)18/h2-3,6,8H,4-5,7H2,1H3,(H2,15,16,18,21). The van der Waals surface area contributed by atoms with Crippen molar-refractivity contribution in [2.45, 2.75) is 13.0 Å². The van der Waals surface area contributed by atoms with Gasteiger partial charge in [-0.15, -0.1) is 0 Å². The van der Waals surface area contributed by atoms with Crippen LogP contribution in [-0.4, -0.2) is 46.6 Å². The molecule has 1 aliphatic heterocycles. The molecule has 1 aliphatic rings. The topological polar surface area (TPSA) is 78.2 Å². The van der Waals surface area contributed by atoms with Gasteiger partial charge in [-0.2, -0.15) is 0 Å². The van der Waals surface area contributed by atoms with E-state index in [0.29, 0.717) is 36.2 Å². The smallest absolute Gasteiger partial charge is 0.259 e. The lowest BCUT2D eigenvalue weighted by Crippen LogP contribution is -2.47. The van der Waals surface area contributed by atoms with Crippen molar-refractivity contribution >= 4 is 29.0 Å². The van der Waals surface area contributed by atoms with Crippen molar-refractivity contribution in [2.75, 3.05) is 19.8 Å². The highest BCUT2D eigenvalue weighted by Crippen LogP contribution is 2.15. The third kappa shape index (κ3) is 2.62. The molecule has 2 N–H and O–H groups in total. The molecule has 6 nitrogen and oxygen atoms in total. The molecule has 1 atom stereocenters. The van der Waals surface area contributed by atoms with Gasteiger partial charge in [-0.3, -0.25) is 14.6 Å². The maximum absolute atomic E-state index is 12.6. The highest BCUT2D eigenvalue weighted by Gasteiger charge is 2.24. The van der Waals surface area contributed by atoms with E-state index < -0.39 is 0 Å². The quantitative estimate of drug-likeness (QED) is 0.782. The van der Waals surface area contributed by atoms with E-state index >= 15 is 0 Å². The molecule has 1 aromatic heterocycles. The van der Waals surface area contributed by atoms with Crippen molar-refractivity contribution in [3.63, 3.8) is 0 Å². The van der Waals surface area contributed by atoms with Crippen LogP contribution in [0.5, 0.6) is 0 Å². The predicted octanol–water partition coefficient (Wildman–Crippen LogP) is 1.45. The molecular formula is C14H15N3O3S. The van der Waals surface area contributed by atoms with Crippen LogP contribution in [0.15, 0.2) is 23.0 Å². The summed E-state index contributed by atoms with van der Waals surface area (Å²) in [5, 5.41) is 0.482. The maximum Gasteiger partial charge on any atom is 0.259 e. The second kappa shape index (κ2) is 5.42. The molecular weight excluding hydrogens is 290 g/mol. The number of amides is 1. The average molecular weight is 305 g/mol. The fourth-order valence-electron chi connectivity index (χ4n) is 2.50. The Morgan fingerprint density at radius 3 is 3.00 bits per heavy atom. The Balaban J connectivity index is 2.02. The van der Waals surface area contributed by atoms with Gasteiger partial charge in [0, 0.05) is 12.1 Å². The summed E-state index contributed by atoms with van der Waals surface area (Å²) in [7, 11) is 0. The molecule has 110 valence electrons. The van der Waals surface area contributed by atoms with Crippen LogP contribution in [0.4, 0.5) is 0 Å². The van der Waals surface area contributed by atoms with Crippen molar-refractivity contribution < 1.29 is 9.53 Å². The summed E-state index contributed by atoms with van der Waals surface area (Å²) in [6.45, 7) is 3.62. The van der Waals surface area contributed by atoms with Crippen molar-refractivity contribution in [3.05, 3.63) is 38.9 Å². The monoisotopic (exact) mass is 305 g/mol. The van der Waals surface area contributed by atoms with Crippen LogP contribution in [0.25, 0.3) is 10.9 Å². The Labute approximate surface area is 125 Å². The number of rotatable bonds is 1. The Bertz CT molecular complexity index is 811. The van der Waals surface area contributed by atoms with E-state index in [1.807, 2.05) is 6.92 Å². The van der Waals surface area contributed by atoms with Gasteiger partial charge in [-0.05, 0) is 37.3 Å². The molecule has 2 heterocycles. The second-order valence-electron chi connectivity index (χ2n) is 5.09. The third-order valence-electron chi connectivity index (χ3n) is 3.61. The van der Waals surface area contributed by atoms with Crippen LogP contribution in [0, 0.1) is 4.77 Å². The van der Waals surface area contributed by atoms with Gasteiger partial charge in [-0.1, -0.05) is 0 Å². The number of hydrogen-bond donors (Lipinski definition) is 2. The number of carbonyl (C=O) groups is 1. The predicted molar refractivity (Wildman–Crippen MR) is 81.1 cm³/mol. The number of aromatic amines is 2. The van der Waals surface area contributed by atoms with Gasteiger partial charge in [-0.25, -0.2) is 0 Å². The number of aromatic nitrogens is 2. The number of benzene rings is 1. The van der Waals surface area contributed by atoms with Gasteiger partial charge < -0.3 is 14.6 Å². The van der Waals surface area contributed by atoms with E-state index in [9.17, 15) is 9.59 Å². The Hall–Kier alpha value is -1.99. The normalized spacial score (nSPS) is 18.9. The summed E-state index contributed by atoms with van der Waals surface area (Å²) in [4.78, 5) is 31.6. The molecule has 0 bridgehead atoms. The number of H-pyrrole nitrogens is 2. The molecule has 21 heavy (non-hydrogen) atoms. The lowest BCUT2D eigenvalue weighted by molar-refractivity contribution is 0.00360. The van der Waals surface area contributed by atoms with Crippen LogP contribution in [0.1, 0.15) is 17.3 Å². The molecule has 0 spiro atoms. The molecule has 0 aliphatic carbocycles. The van der Waals surface area contributed by atoms with E-state index in [1.54, 1.807) is 23.1 Å². The SMILES string of the molecule is CC1COCCN1C(=O)c1ccc2c(=O)[nH]c(=S)[nH]c2c1. The third-order valence-corrected chi connectivity index (χ3v) is 3.82. The first-order valence-corrected chi connectivity index (χ1v) is 7.12. The number of morpholine rings is 1. The summed E-state index contributed by atoms with van der Waals surface area (Å²) in [5.74, 6) is -0.0627. The number of fused-ring (bicyclic) bond motifs is 1. The van der Waals surface area contributed by atoms with Crippen molar-refractivity contribution in [3.8, 4) is 0 Å². The maximum atomic E-state index is 12.6. The Morgan fingerprint density at radius 2 is 2.24 bits per heavy atom. The van der Waals surface area contributed by atoms with Gasteiger partial charge in [0.05, 0.1) is 30.2 Å². The minimum Gasteiger partial charge on any atom is -0.377 e. The number of nitrogens with zero attached hydrogens (tertiary/aromatic N) is 1. The molecule has 3 rings (SSSR count). The van der Waals surface area contributed by atoms with E-state index in [-0.39, 0.29) is 22.3 Å². The minimum atomic E-state index is -0.257. The summed E-state index contributed by atoms with van der Waals surface area (Å²) >= 11 is 4.96. The number of carbonyl (C=O) groups excluding carboxylic acids is 1. The zero-order valence-electron chi connectivity index (χ0n) is 11.5. The highest BCUT2D eigenvalue weighted by molar-refractivity contribution is 7.71. The first-order chi connectivity index (χ1) is 10.1. The van der Waals surface area contributed by atoms with Crippen LogP contribution >= 0.6 is 12.2 Å². The number of ether oxygens (including phenoxy) is 1. The average Bonchev–Trinajstić information content (AvgIpc) is 2.46. The number of nitrogens with one attached hydrogen (secondary N) is 2. The zero-order chi connectivity index (χ0) is 15.0. The summed E-state index contributed by atoms with van der Waals surface area (Å²) in [6.07, 6.45) is 0.